The van der Waals surface area contributed by atoms with E-state index in [-0.39, 0.29) is 35.9 Å². The lowest BCUT2D eigenvalue weighted by Crippen LogP contribution is -2.42. The molecule has 1 atom stereocenters. The van der Waals surface area contributed by atoms with Gasteiger partial charge in [-0.05, 0) is 24.6 Å². The van der Waals surface area contributed by atoms with E-state index in [0.29, 0.717) is 24.8 Å². The van der Waals surface area contributed by atoms with Crippen LogP contribution in [0.25, 0.3) is 0 Å². The van der Waals surface area contributed by atoms with E-state index in [9.17, 15) is 4.39 Å². The molecule has 3 rings (SSSR count). The Morgan fingerprint density at radius 1 is 1.16 bits per heavy atom. The number of hydrogen-bond donors (Lipinski definition) is 2. The lowest BCUT2D eigenvalue weighted by molar-refractivity contribution is 0.223. The molecule has 31 heavy (non-hydrogen) atoms. The van der Waals surface area contributed by atoms with Gasteiger partial charge in [-0.3, -0.25) is 4.99 Å². The largest absolute Gasteiger partial charge is 0.489 e. The molecule has 0 saturated carbocycles. The highest BCUT2D eigenvalue weighted by Gasteiger charge is 2.08. The number of aromatic nitrogens is 2. The molecule has 1 unspecified atom stereocenters. The molecule has 2 aromatic carbocycles. The Morgan fingerprint density at radius 2 is 1.97 bits per heavy atom. The molecule has 8 heteroatoms. The predicted octanol–water partition coefficient (Wildman–Crippen LogP) is 3.86. The van der Waals surface area contributed by atoms with Gasteiger partial charge in [-0.25, -0.2) is 9.37 Å². The van der Waals surface area contributed by atoms with Crippen LogP contribution in [0.5, 0.6) is 5.75 Å². The molecule has 0 bridgehead atoms. The van der Waals surface area contributed by atoms with Gasteiger partial charge < -0.3 is 19.9 Å². The van der Waals surface area contributed by atoms with Crippen LogP contribution in [0.2, 0.25) is 0 Å². The number of imidazole rings is 1. The van der Waals surface area contributed by atoms with Crippen LogP contribution in [0.3, 0.4) is 0 Å². The Morgan fingerprint density at radius 3 is 2.71 bits per heavy atom. The van der Waals surface area contributed by atoms with Crippen molar-refractivity contribution in [2.45, 2.75) is 26.0 Å². The van der Waals surface area contributed by atoms with E-state index >= 15 is 0 Å². The summed E-state index contributed by atoms with van der Waals surface area (Å²) in [6, 6.07) is 16.5. The van der Waals surface area contributed by atoms with Gasteiger partial charge in [-0.2, -0.15) is 0 Å². The Bertz CT molecular complexity index is 948. The summed E-state index contributed by atoms with van der Waals surface area (Å²) in [4.78, 5) is 8.72. The average molecular weight is 537 g/mol. The summed E-state index contributed by atoms with van der Waals surface area (Å²) < 4.78 is 21.1. The first-order valence-electron chi connectivity index (χ1n) is 10.0. The van der Waals surface area contributed by atoms with Gasteiger partial charge in [0, 0.05) is 45.0 Å². The van der Waals surface area contributed by atoms with E-state index in [1.54, 1.807) is 19.2 Å². The van der Waals surface area contributed by atoms with Gasteiger partial charge in [0.25, 0.3) is 0 Å². The van der Waals surface area contributed by atoms with Crippen molar-refractivity contribution in [3.05, 3.63) is 84.2 Å². The summed E-state index contributed by atoms with van der Waals surface area (Å²) >= 11 is 0. The summed E-state index contributed by atoms with van der Waals surface area (Å²) in [7, 11) is 1.73. The molecule has 0 aliphatic heterocycles. The molecule has 166 valence electrons. The standard InChI is InChI=1S/C23H28FN5O.HI/c1-18(30-21-10-6-9-20(24)15-21)16-28-23(25-2)27-12-11-22-26-13-14-29(22)17-19-7-4-3-5-8-19;/h3-10,13-15,18H,11-12,16-17H2,1-2H3,(H2,25,27,28);1H. The highest BCUT2D eigenvalue weighted by molar-refractivity contribution is 14.0. The van der Waals surface area contributed by atoms with Crippen LogP contribution < -0.4 is 15.4 Å². The number of benzene rings is 2. The van der Waals surface area contributed by atoms with Crippen LogP contribution in [0.4, 0.5) is 4.39 Å². The van der Waals surface area contributed by atoms with Gasteiger partial charge in [-0.15, -0.1) is 24.0 Å². The van der Waals surface area contributed by atoms with Crippen molar-refractivity contribution in [3.63, 3.8) is 0 Å². The second-order valence-corrected chi connectivity index (χ2v) is 6.97. The lowest BCUT2D eigenvalue weighted by Gasteiger charge is -2.18. The van der Waals surface area contributed by atoms with Crippen molar-refractivity contribution in [2.75, 3.05) is 20.1 Å². The van der Waals surface area contributed by atoms with Gasteiger partial charge in [0.2, 0.25) is 0 Å². The molecule has 0 aliphatic carbocycles. The maximum atomic E-state index is 13.3. The Kier molecular flexibility index (Phi) is 10.3. The fraction of sp³-hybridized carbons (Fsp3) is 0.304. The van der Waals surface area contributed by atoms with Crippen LogP contribution in [0, 0.1) is 5.82 Å². The van der Waals surface area contributed by atoms with Crippen molar-refractivity contribution >= 4 is 29.9 Å². The molecular formula is C23H29FIN5O. The number of aliphatic imine (C=N–C) groups is 1. The van der Waals surface area contributed by atoms with E-state index in [1.807, 2.05) is 37.5 Å². The molecule has 0 radical (unpaired) electrons. The van der Waals surface area contributed by atoms with Gasteiger partial charge in [0.05, 0.1) is 6.54 Å². The zero-order valence-corrected chi connectivity index (χ0v) is 20.1. The van der Waals surface area contributed by atoms with Crippen LogP contribution in [-0.2, 0) is 13.0 Å². The van der Waals surface area contributed by atoms with Gasteiger partial charge in [-0.1, -0.05) is 36.4 Å². The summed E-state index contributed by atoms with van der Waals surface area (Å²) in [6.45, 7) is 3.97. The summed E-state index contributed by atoms with van der Waals surface area (Å²) in [5, 5.41) is 6.53. The normalized spacial score (nSPS) is 12.0. The van der Waals surface area contributed by atoms with Crippen molar-refractivity contribution in [1.29, 1.82) is 0 Å². The number of halogens is 2. The van der Waals surface area contributed by atoms with Crippen molar-refractivity contribution in [3.8, 4) is 5.75 Å². The summed E-state index contributed by atoms with van der Waals surface area (Å²) in [5.41, 5.74) is 1.24. The topological polar surface area (TPSA) is 63.5 Å². The number of rotatable bonds is 9. The molecule has 1 heterocycles. The first kappa shape index (κ1) is 24.6. The lowest BCUT2D eigenvalue weighted by atomic mass is 10.2. The Labute approximate surface area is 200 Å². The maximum Gasteiger partial charge on any atom is 0.191 e. The van der Waals surface area contributed by atoms with Gasteiger partial charge in [0.15, 0.2) is 5.96 Å². The van der Waals surface area contributed by atoms with Gasteiger partial charge >= 0.3 is 0 Å². The van der Waals surface area contributed by atoms with Gasteiger partial charge in [0.1, 0.15) is 23.5 Å². The zero-order valence-electron chi connectivity index (χ0n) is 17.8. The molecule has 6 nitrogen and oxygen atoms in total. The average Bonchev–Trinajstić information content (AvgIpc) is 3.18. The Hall–Kier alpha value is -2.62. The van der Waals surface area contributed by atoms with E-state index in [0.717, 1.165) is 18.8 Å². The maximum absolute atomic E-state index is 13.3. The van der Waals surface area contributed by atoms with E-state index in [4.69, 9.17) is 4.74 Å². The van der Waals surface area contributed by atoms with Crippen LogP contribution in [0.15, 0.2) is 72.0 Å². The Balaban J connectivity index is 0.00000341. The number of hydrogen-bond acceptors (Lipinski definition) is 3. The molecule has 0 saturated heterocycles. The molecule has 0 spiro atoms. The fourth-order valence-electron chi connectivity index (χ4n) is 3.06. The predicted molar refractivity (Wildman–Crippen MR) is 133 cm³/mol. The first-order chi connectivity index (χ1) is 14.6. The zero-order chi connectivity index (χ0) is 21.2. The summed E-state index contributed by atoms with van der Waals surface area (Å²) in [6.07, 6.45) is 4.46. The monoisotopic (exact) mass is 537 g/mol. The van der Waals surface area contributed by atoms with E-state index < -0.39 is 0 Å². The van der Waals surface area contributed by atoms with Crippen LogP contribution in [0.1, 0.15) is 18.3 Å². The number of nitrogens with one attached hydrogen (secondary N) is 2. The van der Waals surface area contributed by atoms with E-state index in [2.05, 4.69) is 37.3 Å². The molecule has 0 aliphatic rings. The SMILES string of the molecule is CN=C(NCCc1nccn1Cc1ccccc1)NCC(C)Oc1cccc(F)c1.I. The van der Waals surface area contributed by atoms with Crippen LogP contribution in [-0.4, -0.2) is 41.8 Å². The quantitative estimate of drug-likeness (QED) is 0.247. The minimum Gasteiger partial charge on any atom is -0.489 e. The van der Waals surface area contributed by atoms with E-state index in [1.165, 1.54) is 17.7 Å². The number of ether oxygens (including phenoxy) is 1. The number of nitrogens with zero attached hydrogens (tertiary/aromatic N) is 3. The third-order valence-corrected chi connectivity index (χ3v) is 4.55. The first-order valence-corrected chi connectivity index (χ1v) is 10.0. The number of guanidine groups is 1. The third kappa shape index (κ3) is 8.20. The van der Waals surface area contributed by atoms with Crippen molar-refractivity contribution < 1.29 is 9.13 Å². The second-order valence-electron chi connectivity index (χ2n) is 6.97. The highest BCUT2D eigenvalue weighted by atomic mass is 127. The molecule has 3 aromatic rings. The molecule has 1 aromatic heterocycles. The molecule has 0 amide bonds. The minimum absolute atomic E-state index is 0. The molecular weight excluding hydrogens is 508 g/mol. The summed E-state index contributed by atoms with van der Waals surface area (Å²) in [5.74, 6) is 1.91. The minimum atomic E-state index is -0.309. The van der Waals surface area contributed by atoms with Crippen LogP contribution >= 0.6 is 24.0 Å². The molecule has 0 fully saturated rings. The van der Waals surface area contributed by atoms with Crippen molar-refractivity contribution in [2.24, 2.45) is 4.99 Å². The smallest absolute Gasteiger partial charge is 0.191 e. The highest BCUT2D eigenvalue weighted by Crippen LogP contribution is 2.13. The second kappa shape index (κ2) is 12.9. The molecule has 2 N–H and O–H groups in total. The van der Waals surface area contributed by atoms with Crippen molar-refractivity contribution in [1.82, 2.24) is 20.2 Å². The third-order valence-electron chi connectivity index (χ3n) is 4.55. The fourth-order valence-corrected chi connectivity index (χ4v) is 3.06.